The fourth-order valence-corrected chi connectivity index (χ4v) is 1.35. The van der Waals surface area contributed by atoms with Crippen molar-refractivity contribution in [2.75, 3.05) is 11.9 Å². The van der Waals surface area contributed by atoms with Gasteiger partial charge in [0.2, 0.25) is 0 Å². The predicted octanol–water partition coefficient (Wildman–Crippen LogP) is 2.48. The van der Waals surface area contributed by atoms with Crippen LogP contribution in [0.1, 0.15) is 25.3 Å². The Morgan fingerprint density at radius 2 is 2.33 bits per heavy atom. The van der Waals surface area contributed by atoms with Crippen molar-refractivity contribution in [2.24, 2.45) is 0 Å². The van der Waals surface area contributed by atoms with Crippen LogP contribution in [0.5, 0.6) is 0 Å². The molecule has 1 heterocycles. The summed E-state index contributed by atoms with van der Waals surface area (Å²) in [6.45, 7) is 5.07. The Bertz CT molecular complexity index is 325. The van der Waals surface area contributed by atoms with Crippen molar-refractivity contribution in [3.63, 3.8) is 0 Å². The van der Waals surface area contributed by atoms with E-state index in [0.717, 1.165) is 30.8 Å². The van der Waals surface area contributed by atoms with E-state index >= 15 is 0 Å². The van der Waals surface area contributed by atoms with Crippen LogP contribution >= 0.6 is 12.2 Å². The molecule has 0 aromatic carbocycles. The number of nitrogens with one attached hydrogen (secondary N) is 2. The van der Waals surface area contributed by atoms with Gasteiger partial charge in [-0.3, -0.25) is 0 Å². The molecular formula is C11H17N3S. The zero-order valence-electron chi connectivity index (χ0n) is 9.21. The lowest BCUT2D eigenvalue weighted by Crippen LogP contribution is -2.29. The SMILES string of the molecule is CCCCNC(=S)Nc1ncccc1C. The van der Waals surface area contributed by atoms with Crippen molar-refractivity contribution in [1.82, 2.24) is 10.3 Å². The summed E-state index contributed by atoms with van der Waals surface area (Å²) in [7, 11) is 0. The van der Waals surface area contributed by atoms with Crippen LogP contribution in [0.2, 0.25) is 0 Å². The van der Waals surface area contributed by atoms with E-state index in [4.69, 9.17) is 12.2 Å². The molecule has 0 fully saturated rings. The number of anilines is 1. The van der Waals surface area contributed by atoms with Crippen molar-refractivity contribution in [3.05, 3.63) is 23.9 Å². The van der Waals surface area contributed by atoms with Crippen molar-refractivity contribution in [1.29, 1.82) is 0 Å². The Labute approximate surface area is 96.3 Å². The molecular weight excluding hydrogens is 206 g/mol. The highest BCUT2D eigenvalue weighted by molar-refractivity contribution is 7.80. The van der Waals surface area contributed by atoms with Gasteiger partial charge >= 0.3 is 0 Å². The van der Waals surface area contributed by atoms with Gasteiger partial charge in [0.1, 0.15) is 5.82 Å². The smallest absolute Gasteiger partial charge is 0.171 e. The molecule has 0 amide bonds. The van der Waals surface area contributed by atoms with E-state index in [2.05, 4.69) is 22.5 Å². The van der Waals surface area contributed by atoms with Crippen LogP contribution in [0.3, 0.4) is 0 Å². The lowest BCUT2D eigenvalue weighted by atomic mass is 10.3. The number of thiocarbonyl (C=S) groups is 1. The number of rotatable bonds is 4. The second kappa shape index (κ2) is 6.35. The minimum atomic E-state index is 0.644. The molecule has 1 rings (SSSR count). The van der Waals surface area contributed by atoms with E-state index in [1.165, 1.54) is 0 Å². The van der Waals surface area contributed by atoms with Crippen LogP contribution in [-0.4, -0.2) is 16.6 Å². The molecule has 0 atom stereocenters. The normalized spacial score (nSPS) is 9.73. The number of nitrogens with zero attached hydrogens (tertiary/aromatic N) is 1. The highest BCUT2D eigenvalue weighted by Crippen LogP contribution is 2.08. The molecule has 1 aromatic rings. The third-order valence-electron chi connectivity index (χ3n) is 2.06. The zero-order valence-corrected chi connectivity index (χ0v) is 10.0. The van der Waals surface area contributed by atoms with Crippen molar-refractivity contribution < 1.29 is 0 Å². The second-order valence-corrected chi connectivity index (χ2v) is 3.81. The molecule has 4 heteroatoms. The van der Waals surface area contributed by atoms with Gasteiger partial charge in [-0.15, -0.1) is 0 Å². The summed E-state index contributed by atoms with van der Waals surface area (Å²) in [5, 5.41) is 6.86. The monoisotopic (exact) mass is 223 g/mol. The highest BCUT2D eigenvalue weighted by atomic mass is 32.1. The average Bonchev–Trinajstić information content (AvgIpc) is 2.22. The molecule has 3 nitrogen and oxygen atoms in total. The maximum atomic E-state index is 5.15. The van der Waals surface area contributed by atoms with E-state index in [1.54, 1.807) is 6.20 Å². The van der Waals surface area contributed by atoms with Gasteiger partial charge in [-0.25, -0.2) is 4.98 Å². The molecule has 0 unspecified atom stereocenters. The first-order valence-electron chi connectivity index (χ1n) is 5.20. The first-order chi connectivity index (χ1) is 7.24. The summed E-state index contributed by atoms with van der Waals surface area (Å²) in [5.41, 5.74) is 1.09. The third-order valence-corrected chi connectivity index (χ3v) is 2.30. The van der Waals surface area contributed by atoms with Gasteiger partial charge in [-0.1, -0.05) is 19.4 Å². The van der Waals surface area contributed by atoms with Crippen molar-refractivity contribution in [2.45, 2.75) is 26.7 Å². The van der Waals surface area contributed by atoms with Gasteiger partial charge in [0.25, 0.3) is 0 Å². The fourth-order valence-electron chi connectivity index (χ4n) is 1.15. The molecule has 2 N–H and O–H groups in total. The molecule has 0 saturated heterocycles. The van der Waals surface area contributed by atoms with Gasteiger partial charge < -0.3 is 10.6 Å². The Balaban J connectivity index is 2.41. The topological polar surface area (TPSA) is 37.0 Å². The van der Waals surface area contributed by atoms with E-state index in [0.29, 0.717) is 5.11 Å². The Morgan fingerprint density at radius 1 is 1.53 bits per heavy atom. The molecule has 0 radical (unpaired) electrons. The molecule has 0 aliphatic carbocycles. The quantitative estimate of drug-likeness (QED) is 0.607. The molecule has 1 aromatic heterocycles. The van der Waals surface area contributed by atoms with E-state index in [9.17, 15) is 0 Å². The molecule has 82 valence electrons. The van der Waals surface area contributed by atoms with Crippen molar-refractivity contribution >= 4 is 23.1 Å². The first kappa shape index (κ1) is 11.9. The van der Waals surface area contributed by atoms with Gasteiger partial charge in [0, 0.05) is 12.7 Å². The number of unbranched alkanes of at least 4 members (excludes halogenated alkanes) is 1. The van der Waals surface area contributed by atoms with Crippen LogP contribution in [0.25, 0.3) is 0 Å². The average molecular weight is 223 g/mol. The number of pyridine rings is 1. The first-order valence-corrected chi connectivity index (χ1v) is 5.61. The fraction of sp³-hybridized carbons (Fsp3) is 0.455. The van der Waals surface area contributed by atoms with Crippen LogP contribution in [0.15, 0.2) is 18.3 Å². The number of aromatic nitrogens is 1. The largest absolute Gasteiger partial charge is 0.362 e. The molecule has 0 aliphatic heterocycles. The second-order valence-electron chi connectivity index (χ2n) is 3.40. The molecule has 0 aliphatic rings. The maximum absolute atomic E-state index is 5.15. The minimum absolute atomic E-state index is 0.644. The zero-order chi connectivity index (χ0) is 11.1. The van der Waals surface area contributed by atoms with Gasteiger partial charge in [0.05, 0.1) is 0 Å². The summed E-state index contributed by atoms with van der Waals surface area (Å²) >= 11 is 5.15. The summed E-state index contributed by atoms with van der Waals surface area (Å²) in [5.74, 6) is 0.825. The van der Waals surface area contributed by atoms with Gasteiger partial charge in [-0.2, -0.15) is 0 Å². The summed E-state index contributed by atoms with van der Waals surface area (Å²) in [6.07, 6.45) is 4.05. The van der Waals surface area contributed by atoms with Gasteiger partial charge in [0.15, 0.2) is 5.11 Å². The van der Waals surface area contributed by atoms with Crippen LogP contribution < -0.4 is 10.6 Å². The predicted molar refractivity (Wildman–Crippen MR) is 68.1 cm³/mol. The van der Waals surface area contributed by atoms with Crippen LogP contribution in [0, 0.1) is 6.92 Å². The third kappa shape index (κ3) is 4.25. The Morgan fingerprint density at radius 3 is 3.00 bits per heavy atom. The van der Waals surface area contributed by atoms with E-state index < -0.39 is 0 Å². The van der Waals surface area contributed by atoms with E-state index in [-0.39, 0.29) is 0 Å². The number of hydrogen-bond donors (Lipinski definition) is 2. The molecule has 0 bridgehead atoms. The lowest BCUT2D eigenvalue weighted by molar-refractivity contribution is 0.758. The van der Waals surface area contributed by atoms with Crippen LogP contribution in [-0.2, 0) is 0 Å². The summed E-state index contributed by atoms with van der Waals surface area (Å²) < 4.78 is 0. The minimum Gasteiger partial charge on any atom is -0.362 e. The van der Waals surface area contributed by atoms with E-state index in [1.807, 2.05) is 19.1 Å². The Kier molecular flexibility index (Phi) is 5.04. The highest BCUT2D eigenvalue weighted by Gasteiger charge is 2.00. The summed E-state index contributed by atoms with van der Waals surface area (Å²) in [4.78, 5) is 4.21. The number of hydrogen-bond acceptors (Lipinski definition) is 2. The molecule has 0 spiro atoms. The van der Waals surface area contributed by atoms with Crippen LogP contribution in [0.4, 0.5) is 5.82 Å². The van der Waals surface area contributed by atoms with Gasteiger partial charge in [-0.05, 0) is 37.2 Å². The lowest BCUT2D eigenvalue weighted by Gasteiger charge is -2.10. The maximum Gasteiger partial charge on any atom is 0.171 e. The molecule has 15 heavy (non-hydrogen) atoms. The summed E-state index contributed by atoms with van der Waals surface area (Å²) in [6, 6.07) is 3.91. The molecule has 0 saturated carbocycles. The number of aryl methyl sites for hydroxylation is 1. The van der Waals surface area contributed by atoms with Crippen molar-refractivity contribution in [3.8, 4) is 0 Å². The Hall–Kier alpha value is -1.16. The standard InChI is InChI=1S/C11H17N3S/c1-3-4-7-13-11(15)14-10-9(2)6-5-8-12-10/h5-6,8H,3-4,7H2,1-2H3,(H2,12,13,14,15).